The van der Waals surface area contributed by atoms with Gasteiger partial charge >= 0.3 is 0 Å². The van der Waals surface area contributed by atoms with Crippen LogP contribution in [-0.2, 0) is 10.0 Å². The fraction of sp³-hybridized carbons (Fsp3) is 0.643. The van der Waals surface area contributed by atoms with Gasteiger partial charge in [-0.3, -0.25) is 0 Å². The number of hydrogen-bond acceptors (Lipinski definition) is 4. The van der Waals surface area contributed by atoms with Gasteiger partial charge in [0, 0.05) is 19.8 Å². The van der Waals surface area contributed by atoms with Gasteiger partial charge in [0.05, 0.1) is 0 Å². The average molecular weight is 295 g/mol. The Kier molecular flexibility index (Phi) is 3.69. The van der Waals surface area contributed by atoms with Gasteiger partial charge in [-0.05, 0) is 49.1 Å². The predicted octanol–water partition coefficient (Wildman–Crippen LogP) is 1.84. The van der Waals surface area contributed by atoms with E-state index in [1.165, 1.54) is 25.7 Å². The highest BCUT2D eigenvalue weighted by atomic mass is 32.2. The van der Waals surface area contributed by atoms with Gasteiger partial charge in [-0.15, -0.1) is 0 Å². The zero-order valence-corrected chi connectivity index (χ0v) is 12.5. The van der Waals surface area contributed by atoms with E-state index in [1.54, 1.807) is 25.4 Å². The maximum Gasteiger partial charge on any atom is 0.244 e. The second-order valence-electron chi connectivity index (χ2n) is 5.89. The van der Waals surface area contributed by atoms with Gasteiger partial charge in [-0.2, -0.15) is 0 Å². The van der Waals surface area contributed by atoms with Crippen molar-refractivity contribution in [3.8, 4) is 0 Å². The van der Waals surface area contributed by atoms with Crippen LogP contribution in [0.15, 0.2) is 23.2 Å². The summed E-state index contributed by atoms with van der Waals surface area (Å²) in [6, 6.07) is 3.23. The summed E-state index contributed by atoms with van der Waals surface area (Å²) in [4.78, 5) is 4.28. The number of nitrogens with one attached hydrogen (secondary N) is 2. The number of sulfonamides is 1. The van der Waals surface area contributed by atoms with Crippen molar-refractivity contribution in [2.45, 2.75) is 30.6 Å². The Hall–Kier alpha value is -1.14. The third-order valence-corrected chi connectivity index (χ3v) is 6.17. The number of pyridine rings is 1. The molecule has 0 aliphatic heterocycles. The second kappa shape index (κ2) is 5.33. The normalized spacial score (nSPS) is 28.8. The van der Waals surface area contributed by atoms with E-state index in [9.17, 15) is 8.42 Å². The molecule has 1 heterocycles. The van der Waals surface area contributed by atoms with Crippen molar-refractivity contribution in [1.82, 2.24) is 9.71 Å². The first-order chi connectivity index (χ1) is 9.60. The van der Waals surface area contributed by atoms with Crippen LogP contribution in [0.4, 0.5) is 5.82 Å². The fourth-order valence-corrected chi connectivity index (χ4v) is 4.97. The summed E-state index contributed by atoms with van der Waals surface area (Å²) < 4.78 is 27.5. The number of hydrogen-bond donors (Lipinski definition) is 2. The van der Waals surface area contributed by atoms with Crippen LogP contribution in [0.25, 0.3) is 0 Å². The van der Waals surface area contributed by atoms with E-state index >= 15 is 0 Å². The van der Waals surface area contributed by atoms with Crippen molar-refractivity contribution in [2.75, 3.05) is 18.9 Å². The molecule has 0 saturated heterocycles. The Morgan fingerprint density at radius 2 is 2.20 bits per heavy atom. The van der Waals surface area contributed by atoms with Crippen LogP contribution in [-0.4, -0.2) is 27.0 Å². The summed E-state index contributed by atoms with van der Waals surface area (Å²) in [5.41, 5.74) is 0. The molecule has 5 nitrogen and oxygen atoms in total. The number of rotatable bonds is 5. The lowest BCUT2D eigenvalue weighted by molar-refractivity contribution is 0.333. The third kappa shape index (κ3) is 2.54. The van der Waals surface area contributed by atoms with Crippen molar-refractivity contribution in [2.24, 2.45) is 17.8 Å². The Bertz CT molecular complexity index is 588. The molecule has 3 unspecified atom stereocenters. The first-order valence-electron chi connectivity index (χ1n) is 7.22. The van der Waals surface area contributed by atoms with Crippen LogP contribution >= 0.6 is 0 Å². The topological polar surface area (TPSA) is 71.1 Å². The Balaban J connectivity index is 1.69. The fourth-order valence-electron chi connectivity index (χ4n) is 3.72. The van der Waals surface area contributed by atoms with Crippen molar-refractivity contribution in [1.29, 1.82) is 0 Å². The van der Waals surface area contributed by atoms with Crippen molar-refractivity contribution >= 4 is 15.8 Å². The van der Waals surface area contributed by atoms with E-state index in [0.29, 0.717) is 18.3 Å². The standard InChI is InChI=1S/C14H21N3O2S/c1-15-14-13(3-2-6-16-14)20(18,19)17-9-12-8-10-4-5-11(12)7-10/h2-3,6,10-12,17H,4-5,7-9H2,1H3,(H,15,16). The molecule has 20 heavy (non-hydrogen) atoms. The maximum absolute atomic E-state index is 12.4. The van der Waals surface area contributed by atoms with Gasteiger partial charge in [0.15, 0.2) is 0 Å². The zero-order chi connectivity index (χ0) is 14.2. The van der Waals surface area contributed by atoms with Crippen LogP contribution in [0.1, 0.15) is 25.7 Å². The van der Waals surface area contributed by atoms with Gasteiger partial charge in [-0.1, -0.05) is 6.42 Å². The number of aromatic nitrogens is 1. The van der Waals surface area contributed by atoms with E-state index in [4.69, 9.17) is 0 Å². The van der Waals surface area contributed by atoms with Gasteiger partial charge < -0.3 is 5.32 Å². The molecule has 0 radical (unpaired) electrons. The van der Waals surface area contributed by atoms with Crippen molar-refractivity contribution < 1.29 is 8.42 Å². The van der Waals surface area contributed by atoms with Gasteiger partial charge in [0.2, 0.25) is 10.0 Å². The largest absolute Gasteiger partial charge is 0.372 e. The van der Waals surface area contributed by atoms with Crippen LogP contribution in [0, 0.1) is 17.8 Å². The lowest BCUT2D eigenvalue weighted by atomic mass is 9.89. The lowest BCUT2D eigenvalue weighted by Crippen LogP contribution is -2.32. The summed E-state index contributed by atoms with van der Waals surface area (Å²) >= 11 is 0. The smallest absolute Gasteiger partial charge is 0.244 e. The highest BCUT2D eigenvalue weighted by Crippen LogP contribution is 2.48. The van der Waals surface area contributed by atoms with E-state index in [-0.39, 0.29) is 4.90 Å². The molecule has 3 atom stereocenters. The van der Waals surface area contributed by atoms with Crippen LogP contribution < -0.4 is 10.0 Å². The molecule has 2 fully saturated rings. The number of anilines is 1. The third-order valence-electron chi connectivity index (χ3n) is 4.72. The molecule has 6 heteroatoms. The van der Waals surface area contributed by atoms with Crippen LogP contribution in [0.5, 0.6) is 0 Å². The molecular formula is C14H21N3O2S. The molecule has 0 aromatic carbocycles. The SMILES string of the molecule is CNc1ncccc1S(=O)(=O)NCC1CC2CCC1C2. The first kappa shape index (κ1) is 13.8. The summed E-state index contributed by atoms with van der Waals surface area (Å²) in [7, 11) is -1.80. The summed E-state index contributed by atoms with van der Waals surface area (Å²) in [5, 5.41) is 2.83. The van der Waals surface area contributed by atoms with Gasteiger partial charge in [0.25, 0.3) is 0 Å². The molecule has 2 aliphatic rings. The minimum absolute atomic E-state index is 0.227. The summed E-state index contributed by atoms with van der Waals surface area (Å²) in [5.74, 6) is 2.47. The maximum atomic E-state index is 12.4. The number of nitrogens with zero attached hydrogens (tertiary/aromatic N) is 1. The Morgan fingerprint density at radius 1 is 1.35 bits per heavy atom. The van der Waals surface area contributed by atoms with Gasteiger partial charge in [-0.25, -0.2) is 18.1 Å². The molecule has 0 spiro atoms. The lowest BCUT2D eigenvalue weighted by Gasteiger charge is -2.22. The quantitative estimate of drug-likeness (QED) is 0.869. The van der Waals surface area contributed by atoms with Crippen LogP contribution in [0.3, 0.4) is 0 Å². The van der Waals surface area contributed by atoms with E-state index in [2.05, 4.69) is 15.0 Å². The molecule has 1 aromatic rings. The molecule has 110 valence electrons. The molecule has 3 rings (SSSR count). The second-order valence-corrected chi connectivity index (χ2v) is 7.62. The molecule has 2 N–H and O–H groups in total. The minimum Gasteiger partial charge on any atom is -0.372 e. The molecule has 1 aromatic heterocycles. The van der Waals surface area contributed by atoms with Crippen LogP contribution in [0.2, 0.25) is 0 Å². The molecule has 2 saturated carbocycles. The Morgan fingerprint density at radius 3 is 2.85 bits per heavy atom. The monoisotopic (exact) mass is 295 g/mol. The van der Waals surface area contributed by atoms with E-state index < -0.39 is 10.0 Å². The highest BCUT2D eigenvalue weighted by Gasteiger charge is 2.39. The van der Waals surface area contributed by atoms with Crippen molar-refractivity contribution in [3.63, 3.8) is 0 Å². The zero-order valence-electron chi connectivity index (χ0n) is 11.7. The van der Waals surface area contributed by atoms with E-state index in [1.807, 2.05) is 0 Å². The molecule has 0 amide bonds. The van der Waals surface area contributed by atoms with Crippen molar-refractivity contribution in [3.05, 3.63) is 18.3 Å². The summed E-state index contributed by atoms with van der Waals surface area (Å²) in [6.45, 7) is 0.557. The minimum atomic E-state index is -3.48. The highest BCUT2D eigenvalue weighted by molar-refractivity contribution is 7.89. The van der Waals surface area contributed by atoms with E-state index in [0.717, 1.165) is 11.8 Å². The predicted molar refractivity (Wildman–Crippen MR) is 77.9 cm³/mol. The first-order valence-corrected chi connectivity index (χ1v) is 8.71. The molecular weight excluding hydrogens is 274 g/mol. The molecule has 2 bridgehead atoms. The number of fused-ring (bicyclic) bond motifs is 2. The Labute approximate surface area is 120 Å². The average Bonchev–Trinajstić information content (AvgIpc) is 3.07. The molecule has 2 aliphatic carbocycles. The summed E-state index contributed by atoms with van der Waals surface area (Å²) in [6.07, 6.45) is 6.66. The van der Waals surface area contributed by atoms with Gasteiger partial charge in [0.1, 0.15) is 10.7 Å².